The summed E-state index contributed by atoms with van der Waals surface area (Å²) in [5, 5.41) is 3.24. The number of aryl methyl sites for hydroxylation is 1. The summed E-state index contributed by atoms with van der Waals surface area (Å²) in [5.41, 5.74) is 4.48. The lowest BCUT2D eigenvalue weighted by Gasteiger charge is -2.11. The van der Waals surface area contributed by atoms with Gasteiger partial charge in [-0.15, -0.1) is 0 Å². The molecule has 0 saturated heterocycles. The van der Waals surface area contributed by atoms with Gasteiger partial charge < -0.3 is 4.42 Å². The average molecular weight is 336 g/mol. The van der Waals surface area contributed by atoms with Gasteiger partial charge in [-0.3, -0.25) is 4.79 Å². The van der Waals surface area contributed by atoms with Crippen molar-refractivity contribution in [2.24, 2.45) is 0 Å². The van der Waals surface area contributed by atoms with E-state index in [2.05, 4.69) is 37.3 Å². The normalized spacial score (nSPS) is 11.4. The van der Waals surface area contributed by atoms with Crippen molar-refractivity contribution in [3.8, 4) is 11.1 Å². The minimum atomic E-state index is 0.0204. The van der Waals surface area contributed by atoms with Crippen molar-refractivity contribution in [1.29, 1.82) is 0 Å². The first-order valence-electron chi connectivity index (χ1n) is 8.67. The number of para-hydroxylation sites is 1. The zero-order valence-corrected chi connectivity index (χ0v) is 14.3. The van der Waals surface area contributed by atoms with Crippen LogP contribution in [0.3, 0.4) is 0 Å². The van der Waals surface area contributed by atoms with Crippen LogP contribution in [0, 0.1) is 6.92 Å². The van der Waals surface area contributed by atoms with Gasteiger partial charge in [-0.05, 0) is 41.5 Å². The van der Waals surface area contributed by atoms with Crippen molar-refractivity contribution in [2.75, 3.05) is 0 Å². The van der Waals surface area contributed by atoms with Crippen molar-refractivity contribution in [2.45, 2.75) is 6.92 Å². The number of hydrogen-bond acceptors (Lipinski definition) is 2. The summed E-state index contributed by atoms with van der Waals surface area (Å²) in [7, 11) is 0. The van der Waals surface area contributed by atoms with Gasteiger partial charge in [-0.1, -0.05) is 66.2 Å². The Kier molecular flexibility index (Phi) is 3.19. The largest absolute Gasteiger partial charge is 0.455 e. The van der Waals surface area contributed by atoms with Crippen LogP contribution >= 0.6 is 0 Å². The van der Waals surface area contributed by atoms with E-state index in [0.717, 1.165) is 21.9 Å². The maximum absolute atomic E-state index is 13.3. The van der Waals surface area contributed by atoms with Gasteiger partial charge in [0.05, 0.1) is 10.8 Å². The van der Waals surface area contributed by atoms with Gasteiger partial charge in [0.25, 0.3) is 0 Å². The molecular formula is C24H16O2. The highest BCUT2D eigenvalue weighted by Gasteiger charge is 2.15. The third-order valence-corrected chi connectivity index (χ3v) is 4.93. The summed E-state index contributed by atoms with van der Waals surface area (Å²) in [4.78, 5) is 13.3. The molecule has 26 heavy (non-hydrogen) atoms. The molecule has 0 saturated carbocycles. The van der Waals surface area contributed by atoms with Crippen molar-refractivity contribution in [1.82, 2.24) is 0 Å². The highest BCUT2D eigenvalue weighted by atomic mass is 16.3. The Labute approximate surface area is 150 Å². The third-order valence-electron chi connectivity index (χ3n) is 4.93. The van der Waals surface area contributed by atoms with E-state index in [-0.39, 0.29) is 5.43 Å². The van der Waals surface area contributed by atoms with E-state index in [9.17, 15) is 4.79 Å². The molecule has 5 aromatic rings. The zero-order chi connectivity index (χ0) is 17.7. The molecular weight excluding hydrogens is 320 g/mol. The van der Waals surface area contributed by atoms with Gasteiger partial charge in [-0.25, -0.2) is 0 Å². The maximum Gasteiger partial charge on any atom is 0.201 e. The summed E-state index contributed by atoms with van der Waals surface area (Å²) in [6, 6.07) is 25.9. The molecule has 0 bridgehead atoms. The Morgan fingerprint density at radius 1 is 0.769 bits per heavy atom. The van der Waals surface area contributed by atoms with E-state index in [1.807, 2.05) is 48.5 Å². The van der Waals surface area contributed by atoms with Crippen LogP contribution in [0.15, 0.2) is 88.1 Å². The summed E-state index contributed by atoms with van der Waals surface area (Å²) in [5.74, 6) is 0. The highest BCUT2D eigenvalue weighted by Crippen LogP contribution is 2.35. The maximum atomic E-state index is 13.3. The fraction of sp³-hybridized carbons (Fsp3) is 0.0417. The molecule has 124 valence electrons. The number of rotatable bonds is 1. The quantitative estimate of drug-likeness (QED) is 0.274. The molecule has 1 heterocycles. The molecule has 0 fully saturated rings. The second-order valence-corrected chi connectivity index (χ2v) is 6.64. The smallest absolute Gasteiger partial charge is 0.201 e. The fourth-order valence-corrected chi connectivity index (χ4v) is 3.60. The fourth-order valence-electron chi connectivity index (χ4n) is 3.60. The van der Waals surface area contributed by atoms with Gasteiger partial charge in [-0.2, -0.15) is 0 Å². The average Bonchev–Trinajstić information content (AvgIpc) is 2.68. The van der Waals surface area contributed by atoms with Gasteiger partial charge in [0.1, 0.15) is 11.2 Å². The summed E-state index contributed by atoms with van der Waals surface area (Å²) in [6.07, 6.45) is 0. The molecule has 0 spiro atoms. The highest BCUT2D eigenvalue weighted by molar-refractivity contribution is 6.13. The van der Waals surface area contributed by atoms with Gasteiger partial charge >= 0.3 is 0 Å². The Bertz CT molecular complexity index is 1340. The minimum absolute atomic E-state index is 0.0204. The predicted molar refractivity (Wildman–Crippen MR) is 108 cm³/mol. The van der Waals surface area contributed by atoms with Crippen LogP contribution in [0.5, 0.6) is 0 Å². The van der Waals surface area contributed by atoms with E-state index in [1.54, 1.807) is 0 Å². The second-order valence-electron chi connectivity index (χ2n) is 6.64. The molecule has 0 aliphatic carbocycles. The molecule has 0 aliphatic heterocycles. The van der Waals surface area contributed by atoms with E-state index in [4.69, 9.17) is 4.42 Å². The topological polar surface area (TPSA) is 30.2 Å². The van der Waals surface area contributed by atoms with Crippen molar-refractivity contribution in [3.05, 3.63) is 94.6 Å². The number of benzene rings is 4. The van der Waals surface area contributed by atoms with E-state index in [1.165, 1.54) is 5.56 Å². The summed E-state index contributed by atoms with van der Waals surface area (Å²) >= 11 is 0. The van der Waals surface area contributed by atoms with Gasteiger partial charge in [0.15, 0.2) is 0 Å². The first kappa shape index (κ1) is 14.9. The molecule has 0 unspecified atom stereocenters. The van der Waals surface area contributed by atoms with Crippen LogP contribution in [-0.2, 0) is 0 Å². The van der Waals surface area contributed by atoms with Crippen molar-refractivity contribution in [3.63, 3.8) is 0 Å². The molecule has 0 radical (unpaired) electrons. The molecule has 0 N–H and O–H groups in total. The molecule has 0 aliphatic rings. The summed E-state index contributed by atoms with van der Waals surface area (Å²) in [6.45, 7) is 2.07. The van der Waals surface area contributed by atoms with E-state index < -0.39 is 0 Å². The number of fused-ring (bicyclic) bond motifs is 4. The standard InChI is InChI=1S/C24H16O2/c1-15-10-12-16(13-11-15)20-14-17-6-2-3-7-18(17)22-23(25)19-8-4-5-9-21(19)26-24(20)22/h2-14H,1H3. The SMILES string of the molecule is Cc1ccc(-c2cc3ccccc3c3c(=O)c4ccccc4oc23)cc1. The van der Waals surface area contributed by atoms with Gasteiger partial charge in [0, 0.05) is 5.56 Å². The van der Waals surface area contributed by atoms with E-state index in [0.29, 0.717) is 21.9 Å². The molecule has 1 aromatic heterocycles. The first-order valence-corrected chi connectivity index (χ1v) is 8.67. The van der Waals surface area contributed by atoms with Gasteiger partial charge in [0.2, 0.25) is 5.43 Å². The lowest BCUT2D eigenvalue weighted by atomic mass is 9.96. The van der Waals surface area contributed by atoms with Crippen LogP contribution in [0.4, 0.5) is 0 Å². The predicted octanol–water partition coefficient (Wildman–Crippen LogP) is 6.07. The zero-order valence-electron chi connectivity index (χ0n) is 14.3. The Morgan fingerprint density at radius 2 is 1.46 bits per heavy atom. The Balaban J connectivity index is 2.04. The van der Waals surface area contributed by atoms with Crippen molar-refractivity contribution >= 4 is 32.7 Å². The van der Waals surface area contributed by atoms with E-state index >= 15 is 0 Å². The molecule has 2 heteroatoms. The monoisotopic (exact) mass is 336 g/mol. The summed E-state index contributed by atoms with van der Waals surface area (Å²) < 4.78 is 6.25. The Morgan fingerprint density at radius 3 is 2.27 bits per heavy atom. The van der Waals surface area contributed by atoms with Crippen LogP contribution in [0.25, 0.3) is 43.8 Å². The Hall–Kier alpha value is -3.39. The first-order chi connectivity index (χ1) is 12.7. The van der Waals surface area contributed by atoms with Crippen LogP contribution in [0.1, 0.15) is 5.56 Å². The lowest BCUT2D eigenvalue weighted by Crippen LogP contribution is -2.03. The molecule has 0 amide bonds. The molecule has 0 atom stereocenters. The lowest BCUT2D eigenvalue weighted by molar-refractivity contribution is 0.661. The molecule has 2 nitrogen and oxygen atoms in total. The van der Waals surface area contributed by atoms with Crippen LogP contribution < -0.4 is 5.43 Å². The molecule has 4 aromatic carbocycles. The number of hydrogen-bond donors (Lipinski definition) is 0. The third kappa shape index (κ3) is 2.16. The van der Waals surface area contributed by atoms with Crippen LogP contribution in [0.2, 0.25) is 0 Å². The van der Waals surface area contributed by atoms with Crippen LogP contribution in [-0.4, -0.2) is 0 Å². The minimum Gasteiger partial charge on any atom is -0.455 e. The molecule has 5 rings (SSSR count). The second kappa shape index (κ2) is 5.57. The van der Waals surface area contributed by atoms with Crippen molar-refractivity contribution < 1.29 is 4.42 Å².